The Bertz CT molecular complexity index is 834. The molecule has 0 aliphatic rings. The number of esters is 1. The molecule has 0 amide bonds. The standard InChI is InChI=1S/C17H16N4O4/c1-12(24-16-6-4-3-5-15(16)23-2)17(22)25-14-9-7-13(8-10-14)21-11-18-19-20-21/h3-12H,1-2H3/t12-/m0/s1. The zero-order chi connectivity index (χ0) is 17.6. The molecule has 128 valence electrons. The molecule has 8 heteroatoms. The van der Waals surface area contributed by atoms with Crippen molar-refractivity contribution in [3.8, 4) is 22.9 Å². The second kappa shape index (κ2) is 7.43. The fourth-order valence-corrected chi connectivity index (χ4v) is 2.10. The Labute approximate surface area is 143 Å². The Kier molecular flexibility index (Phi) is 4.89. The van der Waals surface area contributed by atoms with Crippen LogP contribution in [0.15, 0.2) is 54.9 Å². The lowest BCUT2D eigenvalue weighted by atomic mass is 10.3. The van der Waals surface area contributed by atoms with Gasteiger partial charge in [-0.2, -0.15) is 0 Å². The van der Waals surface area contributed by atoms with Gasteiger partial charge in [0.05, 0.1) is 12.8 Å². The van der Waals surface area contributed by atoms with Crippen molar-refractivity contribution >= 4 is 5.97 Å². The summed E-state index contributed by atoms with van der Waals surface area (Å²) in [5.41, 5.74) is 0.753. The molecule has 8 nitrogen and oxygen atoms in total. The molecule has 0 radical (unpaired) electrons. The van der Waals surface area contributed by atoms with E-state index in [0.717, 1.165) is 5.69 Å². The van der Waals surface area contributed by atoms with Crippen molar-refractivity contribution < 1.29 is 19.0 Å². The van der Waals surface area contributed by atoms with Gasteiger partial charge in [0.15, 0.2) is 17.6 Å². The largest absolute Gasteiger partial charge is 0.493 e. The van der Waals surface area contributed by atoms with E-state index in [1.54, 1.807) is 49.4 Å². The SMILES string of the molecule is COc1ccccc1O[C@@H](C)C(=O)Oc1ccc(-n2cnnn2)cc1. The van der Waals surface area contributed by atoms with Gasteiger partial charge in [0, 0.05) is 0 Å². The average molecular weight is 340 g/mol. The molecule has 3 rings (SSSR count). The van der Waals surface area contributed by atoms with Gasteiger partial charge in [0.2, 0.25) is 0 Å². The molecule has 0 saturated carbocycles. The molecule has 3 aromatic rings. The van der Waals surface area contributed by atoms with Gasteiger partial charge in [-0.3, -0.25) is 0 Å². The molecule has 2 aromatic carbocycles. The Hall–Kier alpha value is -3.42. The summed E-state index contributed by atoms with van der Waals surface area (Å²) in [6.07, 6.45) is 0.681. The van der Waals surface area contributed by atoms with Gasteiger partial charge in [-0.1, -0.05) is 12.1 Å². The van der Waals surface area contributed by atoms with Crippen molar-refractivity contribution in [2.45, 2.75) is 13.0 Å². The van der Waals surface area contributed by atoms with Crippen LogP contribution >= 0.6 is 0 Å². The number of tetrazole rings is 1. The maximum Gasteiger partial charge on any atom is 0.352 e. The van der Waals surface area contributed by atoms with E-state index < -0.39 is 12.1 Å². The Morgan fingerprint density at radius 3 is 2.44 bits per heavy atom. The Balaban J connectivity index is 1.63. The first kappa shape index (κ1) is 16.4. The molecule has 0 unspecified atom stereocenters. The fraction of sp³-hybridized carbons (Fsp3) is 0.176. The molecule has 0 N–H and O–H groups in total. The zero-order valence-electron chi connectivity index (χ0n) is 13.7. The molecule has 1 aromatic heterocycles. The van der Waals surface area contributed by atoms with Crippen LogP contribution in [0.25, 0.3) is 5.69 Å². The molecule has 0 bridgehead atoms. The molecule has 0 fully saturated rings. The van der Waals surface area contributed by atoms with Crippen LogP contribution in [0.1, 0.15) is 6.92 Å². The highest BCUT2D eigenvalue weighted by Gasteiger charge is 2.19. The topological polar surface area (TPSA) is 88.4 Å². The van der Waals surface area contributed by atoms with Crippen LogP contribution in [0, 0.1) is 0 Å². The first-order valence-electron chi connectivity index (χ1n) is 7.52. The number of ether oxygens (including phenoxy) is 3. The van der Waals surface area contributed by atoms with Crippen molar-refractivity contribution in [3.05, 3.63) is 54.9 Å². The fourth-order valence-electron chi connectivity index (χ4n) is 2.10. The quantitative estimate of drug-likeness (QED) is 0.501. The second-order valence-corrected chi connectivity index (χ2v) is 5.08. The van der Waals surface area contributed by atoms with Gasteiger partial charge >= 0.3 is 5.97 Å². The van der Waals surface area contributed by atoms with E-state index in [2.05, 4.69) is 15.5 Å². The van der Waals surface area contributed by atoms with Crippen LogP contribution < -0.4 is 14.2 Å². The first-order chi connectivity index (χ1) is 12.2. The van der Waals surface area contributed by atoms with E-state index in [-0.39, 0.29) is 0 Å². The molecule has 0 spiro atoms. The van der Waals surface area contributed by atoms with Crippen LogP contribution in [0.2, 0.25) is 0 Å². The molecule has 0 saturated heterocycles. The average Bonchev–Trinajstić information content (AvgIpc) is 3.17. The van der Waals surface area contributed by atoms with Crippen LogP contribution in [0.5, 0.6) is 17.2 Å². The van der Waals surface area contributed by atoms with Crippen molar-refractivity contribution in [1.29, 1.82) is 0 Å². The second-order valence-electron chi connectivity index (χ2n) is 5.08. The van der Waals surface area contributed by atoms with Crippen molar-refractivity contribution in [2.24, 2.45) is 0 Å². The molecular formula is C17H16N4O4. The van der Waals surface area contributed by atoms with Crippen LogP contribution in [-0.2, 0) is 4.79 Å². The minimum Gasteiger partial charge on any atom is -0.493 e. The summed E-state index contributed by atoms with van der Waals surface area (Å²) in [6, 6.07) is 13.9. The molecular weight excluding hydrogens is 324 g/mol. The lowest BCUT2D eigenvalue weighted by Crippen LogP contribution is -2.28. The van der Waals surface area contributed by atoms with Gasteiger partial charge in [-0.25, -0.2) is 9.48 Å². The number of rotatable bonds is 6. The third kappa shape index (κ3) is 3.92. The lowest BCUT2D eigenvalue weighted by molar-refractivity contribution is -0.141. The summed E-state index contributed by atoms with van der Waals surface area (Å²) in [5, 5.41) is 10.9. The summed E-state index contributed by atoms with van der Waals surface area (Å²) in [7, 11) is 1.54. The number of carbonyl (C=O) groups is 1. The number of carbonyl (C=O) groups excluding carboxylic acids is 1. The van der Waals surface area contributed by atoms with E-state index >= 15 is 0 Å². The summed E-state index contributed by atoms with van der Waals surface area (Å²) in [4.78, 5) is 12.2. The van der Waals surface area contributed by atoms with E-state index in [1.807, 2.05) is 6.07 Å². The number of aromatic nitrogens is 4. The Morgan fingerprint density at radius 1 is 1.08 bits per heavy atom. The lowest BCUT2D eigenvalue weighted by Gasteiger charge is -2.15. The van der Waals surface area contributed by atoms with Crippen molar-refractivity contribution in [1.82, 2.24) is 20.2 Å². The van der Waals surface area contributed by atoms with Gasteiger partial charge in [-0.15, -0.1) is 5.10 Å². The maximum atomic E-state index is 12.2. The number of methoxy groups -OCH3 is 1. The van der Waals surface area contributed by atoms with E-state index in [0.29, 0.717) is 17.2 Å². The highest BCUT2D eigenvalue weighted by atomic mass is 16.6. The zero-order valence-corrected chi connectivity index (χ0v) is 13.7. The van der Waals surface area contributed by atoms with Crippen molar-refractivity contribution in [2.75, 3.05) is 7.11 Å². The summed E-state index contributed by atoms with van der Waals surface area (Å²) in [6.45, 7) is 1.62. The molecule has 1 heterocycles. The molecule has 0 aliphatic heterocycles. The Morgan fingerprint density at radius 2 is 1.80 bits per heavy atom. The van der Waals surface area contributed by atoms with Crippen LogP contribution in [0.4, 0.5) is 0 Å². The predicted molar refractivity (Wildman–Crippen MR) is 87.9 cm³/mol. The van der Waals surface area contributed by atoms with Gasteiger partial charge in [0.1, 0.15) is 12.1 Å². The minimum atomic E-state index is -0.796. The highest BCUT2D eigenvalue weighted by Crippen LogP contribution is 2.27. The van der Waals surface area contributed by atoms with Crippen LogP contribution in [-0.4, -0.2) is 39.4 Å². The molecule has 1 atom stereocenters. The molecule has 25 heavy (non-hydrogen) atoms. The minimum absolute atomic E-state index is 0.400. The third-order valence-electron chi connectivity index (χ3n) is 3.37. The summed E-state index contributed by atoms with van der Waals surface area (Å²) < 4.78 is 17.6. The maximum absolute atomic E-state index is 12.2. The normalized spacial score (nSPS) is 11.6. The third-order valence-corrected chi connectivity index (χ3v) is 3.37. The first-order valence-corrected chi connectivity index (χ1v) is 7.52. The number of benzene rings is 2. The van der Waals surface area contributed by atoms with E-state index in [1.165, 1.54) is 18.1 Å². The van der Waals surface area contributed by atoms with E-state index in [9.17, 15) is 4.79 Å². The number of hydrogen-bond donors (Lipinski definition) is 0. The predicted octanol–water partition coefficient (Wildman–Crippen LogP) is 2.04. The summed E-state index contributed by atoms with van der Waals surface area (Å²) in [5.74, 6) is 0.912. The monoisotopic (exact) mass is 340 g/mol. The number of nitrogens with zero attached hydrogens (tertiary/aromatic N) is 4. The highest BCUT2D eigenvalue weighted by molar-refractivity contribution is 5.77. The van der Waals surface area contributed by atoms with Gasteiger partial charge in [0.25, 0.3) is 0 Å². The smallest absolute Gasteiger partial charge is 0.352 e. The van der Waals surface area contributed by atoms with Gasteiger partial charge in [-0.05, 0) is 53.7 Å². The van der Waals surface area contributed by atoms with Crippen LogP contribution in [0.3, 0.4) is 0 Å². The van der Waals surface area contributed by atoms with Gasteiger partial charge < -0.3 is 14.2 Å². The number of para-hydroxylation sites is 2. The summed E-state index contributed by atoms with van der Waals surface area (Å²) >= 11 is 0. The number of hydrogen-bond acceptors (Lipinski definition) is 7. The van der Waals surface area contributed by atoms with E-state index in [4.69, 9.17) is 14.2 Å². The van der Waals surface area contributed by atoms with Crippen molar-refractivity contribution in [3.63, 3.8) is 0 Å². The molecule has 0 aliphatic carbocycles.